The molecule has 2 aromatic heterocycles. The summed E-state index contributed by atoms with van der Waals surface area (Å²) in [5.74, 6) is -1.14. The largest absolute Gasteiger partial charge is 0.465 e. The Morgan fingerprint density at radius 1 is 1.06 bits per heavy atom. The quantitative estimate of drug-likeness (QED) is 0.272. The second-order valence-corrected chi connectivity index (χ2v) is 8.36. The van der Waals surface area contributed by atoms with Gasteiger partial charge in [-0.3, -0.25) is 0 Å². The molecule has 0 spiro atoms. The molecule has 10 heteroatoms. The summed E-state index contributed by atoms with van der Waals surface area (Å²) in [6.45, 7) is 0. The molecule has 2 heterocycles. The van der Waals surface area contributed by atoms with E-state index in [2.05, 4.69) is 5.10 Å². The number of rotatable bonds is 4. The predicted octanol–water partition coefficient (Wildman–Crippen LogP) is 5.24. The Labute approximate surface area is 201 Å². The number of fused-ring (bicyclic) bond motifs is 2. The monoisotopic (exact) mass is 497 g/mol. The SMILES string of the molecule is COC(=O)c1cccc2c(C(O)(c3ccc4c(cnn4-c4ccc(F)cc4)c3)C(F)(F)F)cn(C)c12. The maximum Gasteiger partial charge on any atom is 0.425 e. The average Bonchev–Trinajstić information content (AvgIpc) is 3.44. The first-order valence-electron chi connectivity index (χ1n) is 10.8. The molecule has 1 N–H and O–H groups in total. The Morgan fingerprint density at radius 3 is 2.44 bits per heavy atom. The molecule has 0 fully saturated rings. The number of aromatic nitrogens is 3. The van der Waals surface area contributed by atoms with E-state index in [4.69, 9.17) is 4.74 Å². The van der Waals surface area contributed by atoms with Crippen molar-refractivity contribution in [3.8, 4) is 5.69 Å². The van der Waals surface area contributed by atoms with Crippen LogP contribution < -0.4 is 0 Å². The highest BCUT2D eigenvalue weighted by Gasteiger charge is 2.57. The molecule has 5 aromatic rings. The van der Waals surface area contributed by atoms with Crippen molar-refractivity contribution in [1.29, 1.82) is 0 Å². The normalized spacial score (nSPS) is 13.8. The third-order valence-electron chi connectivity index (χ3n) is 6.26. The molecule has 36 heavy (non-hydrogen) atoms. The van der Waals surface area contributed by atoms with Crippen LogP contribution in [0.5, 0.6) is 0 Å². The summed E-state index contributed by atoms with van der Waals surface area (Å²) >= 11 is 0. The number of nitrogens with zero attached hydrogens (tertiary/aromatic N) is 3. The number of aryl methyl sites for hydroxylation is 1. The molecule has 0 amide bonds. The van der Waals surface area contributed by atoms with E-state index in [1.807, 2.05) is 0 Å². The van der Waals surface area contributed by atoms with E-state index in [1.165, 1.54) is 90.3 Å². The Bertz CT molecular complexity index is 1620. The molecule has 0 aliphatic rings. The molecule has 0 aliphatic heterocycles. The van der Waals surface area contributed by atoms with Crippen molar-refractivity contribution < 1.29 is 32.2 Å². The highest BCUT2D eigenvalue weighted by Crippen LogP contribution is 2.47. The predicted molar refractivity (Wildman–Crippen MR) is 124 cm³/mol. The molecule has 1 unspecified atom stereocenters. The molecular formula is C26H19F4N3O3. The van der Waals surface area contributed by atoms with Crippen LogP contribution in [0.4, 0.5) is 17.6 Å². The van der Waals surface area contributed by atoms with Crippen molar-refractivity contribution >= 4 is 27.8 Å². The van der Waals surface area contributed by atoms with Crippen molar-refractivity contribution in [1.82, 2.24) is 14.3 Å². The van der Waals surface area contributed by atoms with Crippen molar-refractivity contribution in [2.24, 2.45) is 7.05 Å². The first kappa shape index (κ1) is 23.6. The van der Waals surface area contributed by atoms with E-state index < -0.39 is 34.7 Å². The lowest BCUT2D eigenvalue weighted by atomic mass is 9.84. The van der Waals surface area contributed by atoms with Crippen LogP contribution in [0.3, 0.4) is 0 Å². The number of benzene rings is 3. The fourth-order valence-electron chi connectivity index (χ4n) is 4.55. The number of methoxy groups -OCH3 is 1. The van der Waals surface area contributed by atoms with Gasteiger partial charge in [0.2, 0.25) is 5.60 Å². The van der Waals surface area contributed by atoms with Gasteiger partial charge in [0, 0.05) is 29.6 Å². The zero-order valence-electron chi connectivity index (χ0n) is 19.0. The first-order chi connectivity index (χ1) is 17.1. The van der Waals surface area contributed by atoms with Gasteiger partial charge in [0.25, 0.3) is 0 Å². The Kier molecular flexibility index (Phi) is 5.36. The number of carbonyl (C=O) groups excluding carboxylic acids is 1. The van der Waals surface area contributed by atoms with Gasteiger partial charge in [-0.25, -0.2) is 13.9 Å². The van der Waals surface area contributed by atoms with E-state index in [1.54, 1.807) is 0 Å². The minimum atomic E-state index is -5.11. The molecule has 3 aromatic carbocycles. The molecule has 0 radical (unpaired) electrons. The van der Waals surface area contributed by atoms with Crippen molar-refractivity contribution in [3.05, 3.63) is 95.6 Å². The maximum atomic E-state index is 14.6. The number of ether oxygens (including phenoxy) is 1. The van der Waals surface area contributed by atoms with Gasteiger partial charge < -0.3 is 14.4 Å². The summed E-state index contributed by atoms with van der Waals surface area (Å²) in [5.41, 5.74) is -2.97. The second kappa shape index (κ2) is 8.20. The number of carbonyl (C=O) groups is 1. The molecule has 0 aliphatic carbocycles. The fourth-order valence-corrected chi connectivity index (χ4v) is 4.55. The van der Waals surface area contributed by atoms with Gasteiger partial charge in [-0.05, 0) is 48.0 Å². The third kappa shape index (κ3) is 3.44. The molecule has 0 bridgehead atoms. The Balaban J connectivity index is 1.72. The summed E-state index contributed by atoms with van der Waals surface area (Å²) in [7, 11) is 2.67. The first-order valence-corrected chi connectivity index (χ1v) is 10.8. The van der Waals surface area contributed by atoms with Gasteiger partial charge in [-0.15, -0.1) is 0 Å². The van der Waals surface area contributed by atoms with Crippen LogP contribution in [0.25, 0.3) is 27.5 Å². The lowest BCUT2D eigenvalue weighted by Gasteiger charge is -2.31. The highest BCUT2D eigenvalue weighted by atomic mass is 19.4. The molecular weight excluding hydrogens is 478 g/mol. The Hall–Kier alpha value is -4.18. The fraction of sp³-hybridized carbons (Fsp3) is 0.154. The number of aliphatic hydroxyl groups is 1. The van der Waals surface area contributed by atoms with Crippen LogP contribution in [-0.2, 0) is 17.4 Å². The molecule has 0 saturated carbocycles. The third-order valence-corrected chi connectivity index (χ3v) is 6.26. The van der Waals surface area contributed by atoms with Gasteiger partial charge in [-0.2, -0.15) is 18.3 Å². The molecule has 5 rings (SSSR count). The number of esters is 1. The van der Waals surface area contributed by atoms with Crippen LogP contribution in [0.2, 0.25) is 0 Å². The van der Waals surface area contributed by atoms with Crippen LogP contribution >= 0.6 is 0 Å². The zero-order chi connectivity index (χ0) is 25.8. The maximum absolute atomic E-state index is 14.6. The average molecular weight is 497 g/mol. The summed E-state index contributed by atoms with van der Waals surface area (Å²) in [6.07, 6.45) is -2.57. The van der Waals surface area contributed by atoms with E-state index in [0.29, 0.717) is 16.6 Å². The molecule has 6 nitrogen and oxygen atoms in total. The topological polar surface area (TPSA) is 69.3 Å². The summed E-state index contributed by atoms with van der Waals surface area (Å²) < 4.78 is 64.8. The van der Waals surface area contributed by atoms with Crippen LogP contribution in [0.15, 0.2) is 73.1 Å². The summed E-state index contributed by atoms with van der Waals surface area (Å²) in [4.78, 5) is 12.2. The highest BCUT2D eigenvalue weighted by molar-refractivity contribution is 6.04. The second-order valence-electron chi connectivity index (χ2n) is 8.36. The molecule has 0 saturated heterocycles. The number of hydrogen-bond acceptors (Lipinski definition) is 4. The smallest absolute Gasteiger partial charge is 0.425 e. The van der Waals surface area contributed by atoms with Crippen molar-refractivity contribution in [3.63, 3.8) is 0 Å². The van der Waals surface area contributed by atoms with E-state index in [0.717, 1.165) is 6.20 Å². The minimum Gasteiger partial charge on any atom is -0.465 e. The van der Waals surface area contributed by atoms with E-state index in [-0.39, 0.29) is 16.5 Å². The molecule has 1 atom stereocenters. The number of para-hydroxylation sites is 1. The van der Waals surface area contributed by atoms with Gasteiger partial charge in [0.1, 0.15) is 5.82 Å². The van der Waals surface area contributed by atoms with E-state index in [9.17, 15) is 27.5 Å². The summed E-state index contributed by atoms with van der Waals surface area (Å²) in [6, 6.07) is 13.6. The van der Waals surface area contributed by atoms with Gasteiger partial charge in [0.05, 0.1) is 35.6 Å². The number of alkyl halides is 3. The van der Waals surface area contributed by atoms with Crippen LogP contribution in [-0.4, -0.2) is 38.7 Å². The van der Waals surface area contributed by atoms with E-state index >= 15 is 0 Å². The summed E-state index contributed by atoms with van der Waals surface area (Å²) in [5, 5.41) is 16.0. The zero-order valence-corrected chi connectivity index (χ0v) is 19.0. The van der Waals surface area contributed by atoms with Crippen LogP contribution in [0, 0.1) is 5.82 Å². The minimum absolute atomic E-state index is 0.0577. The van der Waals surface area contributed by atoms with Crippen molar-refractivity contribution in [2.45, 2.75) is 11.8 Å². The lowest BCUT2D eigenvalue weighted by Crippen LogP contribution is -2.43. The lowest BCUT2D eigenvalue weighted by molar-refractivity contribution is -0.247. The van der Waals surface area contributed by atoms with Gasteiger partial charge >= 0.3 is 12.1 Å². The Morgan fingerprint density at radius 2 is 1.78 bits per heavy atom. The number of halogens is 4. The standard InChI is InChI=1S/C26H19F4N3O3/c1-32-14-21(19-4-3-5-20(23(19)32)24(34)36-2)25(35,26(28,29)30)16-6-11-22-15(12-16)13-31-33(22)18-9-7-17(27)8-10-18/h3-14,35H,1-2H3. The van der Waals surface area contributed by atoms with Crippen LogP contribution in [0.1, 0.15) is 21.5 Å². The number of hydrogen-bond donors (Lipinski definition) is 1. The van der Waals surface area contributed by atoms with Crippen molar-refractivity contribution in [2.75, 3.05) is 7.11 Å². The van der Waals surface area contributed by atoms with Gasteiger partial charge in [-0.1, -0.05) is 18.2 Å². The van der Waals surface area contributed by atoms with Gasteiger partial charge in [0.15, 0.2) is 0 Å². The molecule has 184 valence electrons.